The first-order chi connectivity index (χ1) is 13.7. The highest BCUT2D eigenvalue weighted by Crippen LogP contribution is 2.42. The number of benzene rings is 1. The second-order valence-electron chi connectivity index (χ2n) is 8.02. The SMILES string of the molecule is CC(=O)Nc1nc2c(s1)-c1c(c(C#C[Si](C)(C)C)nn1-c1ccccc1Cl)CC2. The zero-order valence-electron chi connectivity index (χ0n) is 16.8. The van der Waals surface area contributed by atoms with Crippen LogP contribution in [0.25, 0.3) is 16.3 Å². The second-order valence-corrected chi connectivity index (χ2v) is 14.2. The zero-order chi connectivity index (χ0) is 20.8. The van der Waals surface area contributed by atoms with E-state index in [0.717, 1.165) is 46.1 Å². The van der Waals surface area contributed by atoms with Crippen LogP contribution in [0.3, 0.4) is 0 Å². The van der Waals surface area contributed by atoms with Crippen molar-refractivity contribution in [2.75, 3.05) is 5.32 Å². The van der Waals surface area contributed by atoms with Gasteiger partial charge in [0.15, 0.2) is 5.13 Å². The maximum absolute atomic E-state index is 11.5. The van der Waals surface area contributed by atoms with E-state index in [1.807, 2.05) is 28.9 Å². The van der Waals surface area contributed by atoms with Crippen LogP contribution in [0.4, 0.5) is 5.13 Å². The molecule has 5 nitrogen and oxygen atoms in total. The highest BCUT2D eigenvalue weighted by Gasteiger charge is 2.29. The Morgan fingerprint density at radius 2 is 2.03 bits per heavy atom. The van der Waals surface area contributed by atoms with E-state index >= 15 is 0 Å². The summed E-state index contributed by atoms with van der Waals surface area (Å²) in [5.74, 6) is 3.22. The number of carbonyl (C=O) groups is 1. The number of aryl methyl sites for hydroxylation is 1. The quantitative estimate of drug-likeness (QED) is 0.453. The average molecular weight is 441 g/mol. The highest BCUT2D eigenvalue weighted by atomic mass is 35.5. The molecule has 1 aromatic carbocycles. The normalized spacial score (nSPS) is 12.6. The van der Waals surface area contributed by atoms with Gasteiger partial charge in [-0.1, -0.05) is 60.6 Å². The van der Waals surface area contributed by atoms with Crippen LogP contribution in [0.5, 0.6) is 0 Å². The molecule has 0 saturated heterocycles. The van der Waals surface area contributed by atoms with Crippen LogP contribution >= 0.6 is 22.9 Å². The molecule has 148 valence electrons. The van der Waals surface area contributed by atoms with Crippen molar-refractivity contribution in [2.45, 2.75) is 39.4 Å². The summed E-state index contributed by atoms with van der Waals surface area (Å²) in [4.78, 5) is 17.1. The van der Waals surface area contributed by atoms with Crippen molar-refractivity contribution in [1.29, 1.82) is 0 Å². The van der Waals surface area contributed by atoms with E-state index in [1.54, 1.807) is 0 Å². The van der Waals surface area contributed by atoms with Gasteiger partial charge in [-0.15, -0.1) is 5.54 Å². The molecule has 0 spiro atoms. The molecule has 2 aromatic heterocycles. The summed E-state index contributed by atoms with van der Waals surface area (Å²) in [5.41, 5.74) is 8.14. The van der Waals surface area contributed by atoms with Crippen LogP contribution in [-0.4, -0.2) is 28.7 Å². The molecule has 0 fully saturated rings. The Morgan fingerprint density at radius 1 is 1.28 bits per heavy atom. The summed E-state index contributed by atoms with van der Waals surface area (Å²) in [7, 11) is -1.55. The van der Waals surface area contributed by atoms with Crippen molar-refractivity contribution in [3.05, 3.63) is 46.2 Å². The van der Waals surface area contributed by atoms with Gasteiger partial charge < -0.3 is 5.32 Å². The predicted molar refractivity (Wildman–Crippen MR) is 122 cm³/mol. The van der Waals surface area contributed by atoms with E-state index in [2.05, 4.69) is 41.4 Å². The molecule has 1 aliphatic carbocycles. The van der Waals surface area contributed by atoms with Crippen LogP contribution in [-0.2, 0) is 17.6 Å². The summed E-state index contributed by atoms with van der Waals surface area (Å²) in [6, 6.07) is 7.66. The Kier molecular flexibility index (Phi) is 5.11. The van der Waals surface area contributed by atoms with E-state index in [0.29, 0.717) is 10.2 Å². The molecule has 1 aliphatic rings. The standard InChI is InChI=1S/C21H21ClN4OSSi/c1-13(27)23-21-24-17-10-9-14-16(11-12-29(2,3)4)25-26(19(14)20(17)28-21)18-8-6-5-7-15(18)22/h5-8H,9-10H2,1-4H3,(H,23,24,27). The second kappa shape index (κ2) is 7.45. The van der Waals surface area contributed by atoms with Crippen LogP contribution in [0, 0.1) is 11.5 Å². The predicted octanol–water partition coefficient (Wildman–Crippen LogP) is 4.94. The summed E-state index contributed by atoms with van der Waals surface area (Å²) < 4.78 is 1.89. The number of nitrogens with one attached hydrogen (secondary N) is 1. The third-order valence-corrected chi connectivity index (χ3v) is 6.64. The third kappa shape index (κ3) is 4.01. The van der Waals surface area contributed by atoms with Crippen molar-refractivity contribution >= 4 is 42.1 Å². The number of anilines is 1. The number of fused-ring (bicyclic) bond motifs is 3. The van der Waals surface area contributed by atoms with Gasteiger partial charge in [0.1, 0.15) is 13.8 Å². The number of para-hydroxylation sites is 1. The Morgan fingerprint density at radius 3 is 2.72 bits per heavy atom. The van der Waals surface area contributed by atoms with E-state index in [9.17, 15) is 4.79 Å². The first-order valence-electron chi connectivity index (χ1n) is 9.40. The highest BCUT2D eigenvalue weighted by molar-refractivity contribution is 7.19. The molecular weight excluding hydrogens is 420 g/mol. The van der Waals surface area contributed by atoms with Gasteiger partial charge in [-0.2, -0.15) is 5.10 Å². The van der Waals surface area contributed by atoms with Crippen LogP contribution in [0.1, 0.15) is 23.9 Å². The minimum Gasteiger partial charge on any atom is -0.302 e. The molecule has 1 N–H and O–H groups in total. The Hall–Kier alpha value is -2.40. The lowest BCUT2D eigenvalue weighted by atomic mass is 9.97. The number of hydrogen-bond donors (Lipinski definition) is 1. The molecule has 1 amide bonds. The number of halogens is 1. The molecule has 29 heavy (non-hydrogen) atoms. The van der Waals surface area contributed by atoms with Crippen LogP contribution in [0.2, 0.25) is 24.7 Å². The smallest absolute Gasteiger partial charge is 0.223 e. The molecule has 0 saturated carbocycles. The molecule has 0 aliphatic heterocycles. The Bertz CT molecular complexity index is 1180. The van der Waals surface area contributed by atoms with Crippen molar-refractivity contribution < 1.29 is 4.79 Å². The lowest BCUT2D eigenvalue weighted by Crippen LogP contribution is -2.16. The van der Waals surface area contributed by atoms with Crippen molar-refractivity contribution in [3.8, 4) is 27.7 Å². The van der Waals surface area contributed by atoms with Crippen molar-refractivity contribution in [2.24, 2.45) is 0 Å². The Labute approximate surface area is 180 Å². The fraction of sp³-hybridized carbons (Fsp3) is 0.286. The molecule has 0 radical (unpaired) electrons. The molecule has 4 rings (SSSR count). The summed E-state index contributed by atoms with van der Waals surface area (Å²) in [6.07, 6.45) is 1.61. The molecule has 0 atom stereocenters. The number of hydrogen-bond acceptors (Lipinski definition) is 4. The number of rotatable bonds is 2. The first-order valence-corrected chi connectivity index (χ1v) is 14.1. The molecule has 0 unspecified atom stereocenters. The van der Waals surface area contributed by atoms with Crippen molar-refractivity contribution in [1.82, 2.24) is 14.8 Å². The molecular formula is C21H21ClN4OSSi. The maximum atomic E-state index is 11.5. The zero-order valence-corrected chi connectivity index (χ0v) is 19.3. The Balaban J connectivity index is 1.94. The van der Waals surface area contributed by atoms with Gasteiger partial charge in [0.25, 0.3) is 0 Å². The number of aromatic nitrogens is 3. The minimum atomic E-state index is -1.55. The van der Waals surface area contributed by atoms with Gasteiger partial charge in [-0.25, -0.2) is 9.67 Å². The van der Waals surface area contributed by atoms with E-state index < -0.39 is 8.07 Å². The summed E-state index contributed by atoms with van der Waals surface area (Å²) in [5, 5.41) is 8.91. The van der Waals surface area contributed by atoms with Gasteiger partial charge in [0.2, 0.25) is 5.91 Å². The monoisotopic (exact) mass is 440 g/mol. The van der Waals surface area contributed by atoms with E-state index in [-0.39, 0.29) is 5.91 Å². The molecule has 2 heterocycles. The lowest BCUT2D eigenvalue weighted by Gasteiger charge is -2.14. The van der Waals surface area contributed by atoms with Crippen molar-refractivity contribution in [3.63, 3.8) is 0 Å². The molecule has 0 bridgehead atoms. The van der Waals surface area contributed by atoms with Gasteiger partial charge in [-0.3, -0.25) is 4.79 Å². The van der Waals surface area contributed by atoms with E-state index in [4.69, 9.17) is 16.7 Å². The summed E-state index contributed by atoms with van der Waals surface area (Å²) >= 11 is 7.97. The van der Waals surface area contributed by atoms with Gasteiger partial charge >= 0.3 is 0 Å². The van der Waals surface area contributed by atoms with Gasteiger partial charge in [0, 0.05) is 12.5 Å². The van der Waals surface area contributed by atoms with Crippen LogP contribution in [0.15, 0.2) is 24.3 Å². The number of thiazole rings is 1. The maximum Gasteiger partial charge on any atom is 0.223 e. The fourth-order valence-corrected chi connectivity index (χ4v) is 5.04. The number of carbonyl (C=O) groups excluding carboxylic acids is 1. The number of nitrogens with zero attached hydrogens (tertiary/aromatic N) is 3. The number of amides is 1. The van der Waals surface area contributed by atoms with E-state index in [1.165, 1.54) is 18.3 Å². The minimum absolute atomic E-state index is 0.127. The average Bonchev–Trinajstić information content (AvgIpc) is 3.19. The van der Waals surface area contributed by atoms with Gasteiger partial charge in [0.05, 0.1) is 27.0 Å². The molecule has 3 aromatic rings. The first kappa shape index (κ1) is 19.9. The largest absolute Gasteiger partial charge is 0.302 e. The fourth-order valence-electron chi connectivity index (χ4n) is 3.22. The summed E-state index contributed by atoms with van der Waals surface area (Å²) in [6.45, 7) is 8.15. The molecule has 8 heteroatoms. The topological polar surface area (TPSA) is 59.8 Å². The lowest BCUT2D eigenvalue weighted by molar-refractivity contribution is -0.114. The van der Waals surface area contributed by atoms with Crippen LogP contribution < -0.4 is 5.32 Å². The third-order valence-electron chi connectivity index (χ3n) is 4.43. The van der Waals surface area contributed by atoms with Gasteiger partial charge in [-0.05, 0) is 25.0 Å².